The van der Waals surface area contributed by atoms with Crippen molar-refractivity contribution in [2.24, 2.45) is 23.7 Å². The highest BCUT2D eigenvalue weighted by molar-refractivity contribution is 6.06. The Balaban J connectivity index is 1.27. The van der Waals surface area contributed by atoms with E-state index in [1.54, 1.807) is 10.8 Å². The fourth-order valence-corrected chi connectivity index (χ4v) is 5.03. The highest BCUT2D eigenvalue weighted by Gasteiger charge is 2.58. The van der Waals surface area contributed by atoms with Gasteiger partial charge in [-0.15, -0.1) is 5.10 Å². The lowest BCUT2D eigenvalue weighted by molar-refractivity contribution is -0.140. The zero-order chi connectivity index (χ0) is 18.1. The number of nitrogens with zero attached hydrogens (tertiary/aromatic N) is 5. The summed E-state index contributed by atoms with van der Waals surface area (Å²) < 4.78 is 1.66. The summed E-state index contributed by atoms with van der Waals surface area (Å²) in [5.41, 5.74) is 1.61. The molecule has 134 valence electrons. The lowest BCUT2D eigenvalue weighted by Gasteiger charge is -2.16. The average molecular weight is 359 g/mol. The van der Waals surface area contributed by atoms with Gasteiger partial charge in [-0.05, 0) is 30.4 Å². The number of aromatic nitrogens is 4. The van der Waals surface area contributed by atoms with Crippen LogP contribution < -0.4 is 0 Å². The lowest BCUT2D eigenvalue weighted by atomic mass is 9.85. The Bertz CT molecular complexity index is 1120. The topological polar surface area (TPSA) is 80.5 Å². The van der Waals surface area contributed by atoms with Gasteiger partial charge in [0.15, 0.2) is 11.5 Å². The van der Waals surface area contributed by atoms with Gasteiger partial charge in [-0.3, -0.25) is 14.5 Å². The molecule has 1 aliphatic heterocycles. The van der Waals surface area contributed by atoms with E-state index in [0.717, 1.165) is 23.0 Å². The van der Waals surface area contributed by atoms with Crippen LogP contribution in [0, 0.1) is 23.7 Å². The molecule has 0 radical (unpaired) electrons. The molecule has 3 aliphatic rings. The maximum atomic E-state index is 12.8. The van der Waals surface area contributed by atoms with Crippen LogP contribution in [0.3, 0.4) is 0 Å². The molecule has 4 atom stereocenters. The van der Waals surface area contributed by atoms with Gasteiger partial charge in [-0.1, -0.05) is 24.3 Å². The van der Waals surface area contributed by atoms with Gasteiger partial charge >= 0.3 is 0 Å². The van der Waals surface area contributed by atoms with E-state index < -0.39 is 0 Å². The first kappa shape index (κ1) is 15.0. The van der Waals surface area contributed by atoms with Crippen LogP contribution in [0.25, 0.3) is 16.6 Å². The molecule has 0 N–H and O–H groups in total. The van der Waals surface area contributed by atoms with Crippen molar-refractivity contribution in [1.82, 2.24) is 24.5 Å². The fourth-order valence-electron chi connectivity index (χ4n) is 5.03. The van der Waals surface area contributed by atoms with E-state index in [9.17, 15) is 9.59 Å². The molecule has 0 unspecified atom stereocenters. The SMILES string of the molecule is O=C1[C@H]2[C@H](C(=O)N1CCc1nc3c4ccccc4ncn3n1)[C@H]1C=C[C@H]2C1. The van der Waals surface area contributed by atoms with E-state index >= 15 is 0 Å². The Morgan fingerprint density at radius 2 is 1.78 bits per heavy atom. The normalized spacial score (nSPS) is 28.8. The molecule has 2 amide bonds. The van der Waals surface area contributed by atoms with Crippen LogP contribution >= 0.6 is 0 Å². The first-order valence-corrected chi connectivity index (χ1v) is 9.33. The molecule has 2 fully saturated rings. The minimum atomic E-state index is -0.144. The monoisotopic (exact) mass is 359 g/mol. The molecule has 2 aliphatic carbocycles. The number of carbonyl (C=O) groups is 2. The third-order valence-corrected chi connectivity index (χ3v) is 6.25. The predicted molar refractivity (Wildman–Crippen MR) is 96.4 cm³/mol. The number of imide groups is 1. The average Bonchev–Trinajstić information content (AvgIpc) is 3.44. The Hall–Kier alpha value is -3.09. The van der Waals surface area contributed by atoms with Crippen LogP contribution in [0.2, 0.25) is 0 Å². The second-order valence-corrected chi connectivity index (χ2v) is 7.64. The third-order valence-electron chi connectivity index (χ3n) is 6.25. The van der Waals surface area contributed by atoms with Gasteiger partial charge < -0.3 is 0 Å². The molecule has 2 bridgehead atoms. The van der Waals surface area contributed by atoms with Crippen molar-refractivity contribution in [2.75, 3.05) is 6.54 Å². The zero-order valence-electron chi connectivity index (χ0n) is 14.5. The van der Waals surface area contributed by atoms with E-state index in [0.29, 0.717) is 18.8 Å². The smallest absolute Gasteiger partial charge is 0.233 e. The Labute approximate surface area is 154 Å². The number of hydrogen-bond donors (Lipinski definition) is 0. The fraction of sp³-hybridized carbons (Fsp3) is 0.350. The summed E-state index contributed by atoms with van der Waals surface area (Å²) in [5.74, 6) is 0.783. The highest BCUT2D eigenvalue weighted by atomic mass is 16.2. The van der Waals surface area contributed by atoms with Gasteiger partial charge in [-0.2, -0.15) is 0 Å². The van der Waals surface area contributed by atoms with E-state index in [1.807, 2.05) is 24.3 Å². The number of likely N-dealkylation sites (tertiary alicyclic amines) is 1. The molecule has 7 nitrogen and oxygen atoms in total. The summed E-state index contributed by atoms with van der Waals surface area (Å²) in [5, 5.41) is 5.40. The van der Waals surface area contributed by atoms with Crippen LogP contribution in [0.5, 0.6) is 0 Å². The maximum absolute atomic E-state index is 12.8. The summed E-state index contributed by atoms with van der Waals surface area (Å²) in [4.78, 5) is 36.0. The number of hydrogen-bond acceptors (Lipinski definition) is 5. The summed E-state index contributed by atoms with van der Waals surface area (Å²) in [6, 6.07) is 7.79. The van der Waals surface area contributed by atoms with Crippen molar-refractivity contribution in [3.63, 3.8) is 0 Å². The van der Waals surface area contributed by atoms with Crippen LogP contribution in [0.4, 0.5) is 0 Å². The quantitative estimate of drug-likeness (QED) is 0.524. The second-order valence-electron chi connectivity index (χ2n) is 7.64. The van der Waals surface area contributed by atoms with Gasteiger partial charge in [0.2, 0.25) is 11.8 Å². The van der Waals surface area contributed by atoms with Crippen molar-refractivity contribution < 1.29 is 9.59 Å². The predicted octanol–water partition coefficient (Wildman–Crippen LogP) is 1.63. The molecule has 6 rings (SSSR count). The summed E-state index contributed by atoms with van der Waals surface area (Å²) >= 11 is 0. The number of amides is 2. The standard InChI is InChI=1S/C20H17N5O2/c26-19-16-11-5-6-12(9-11)17(16)20(27)24(19)8-7-15-22-18-13-3-1-2-4-14(13)21-10-25(18)23-15/h1-6,10-12,16-17H,7-9H2/t11-,12-,16+,17+/m0/s1. The van der Waals surface area contributed by atoms with Gasteiger partial charge in [-0.25, -0.2) is 14.5 Å². The van der Waals surface area contributed by atoms with Crippen LogP contribution in [0.1, 0.15) is 12.2 Å². The van der Waals surface area contributed by atoms with Gasteiger partial charge in [0.25, 0.3) is 0 Å². The molecule has 7 heteroatoms. The number of para-hydroxylation sites is 1. The highest BCUT2D eigenvalue weighted by Crippen LogP contribution is 2.52. The Morgan fingerprint density at radius 3 is 2.56 bits per heavy atom. The van der Waals surface area contributed by atoms with Crippen molar-refractivity contribution in [2.45, 2.75) is 12.8 Å². The van der Waals surface area contributed by atoms with E-state index in [4.69, 9.17) is 0 Å². The Morgan fingerprint density at radius 1 is 1.04 bits per heavy atom. The van der Waals surface area contributed by atoms with Crippen molar-refractivity contribution in [1.29, 1.82) is 0 Å². The van der Waals surface area contributed by atoms with E-state index in [1.165, 1.54) is 4.90 Å². The lowest BCUT2D eigenvalue weighted by Crippen LogP contribution is -2.34. The second kappa shape index (κ2) is 5.22. The number of rotatable bonds is 3. The Kier molecular flexibility index (Phi) is 2.90. The van der Waals surface area contributed by atoms with Gasteiger partial charge in [0.1, 0.15) is 6.33 Å². The van der Waals surface area contributed by atoms with E-state index in [-0.39, 0.29) is 35.5 Å². The first-order valence-electron chi connectivity index (χ1n) is 9.33. The first-order chi connectivity index (χ1) is 13.2. The third kappa shape index (κ3) is 1.99. The molecule has 3 heterocycles. The zero-order valence-corrected chi connectivity index (χ0v) is 14.5. The van der Waals surface area contributed by atoms with Crippen molar-refractivity contribution in [3.8, 4) is 0 Å². The minimum absolute atomic E-state index is 0.0160. The number of carbonyl (C=O) groups excluding carboxylic acids is 2. The molecule has 0 spiro atoms. The molecular formula is C20H17N5O2. The number of fused-ring (bicyclic) bond motifs is 8. The molecule has 1 saturated carbocycles. The molecule has 27 heavy (non-hydrogen) atoms. The molecule has 2 aromatic heterocycles. The maximum Gasteiger partial charge on any atom is 0.233 e. The van der Waals surface area contributed by atoms with Gasteiger partial charge in [0, 0.05) is 18.4 Å². The molecule has 1 aromatic carbocycles. The minimum Gasteiger partial charge on any atom is -0.282 e. The van der Waals surface area contributed by atoms with Gasteiger partial charge in [0.05, 0.1) is 17.4 Å². The summed E-state index contributed by atoms with van der Waals surface area (Å²) in [6.45, 7) is 0.340. The van der Waals surface area contributed by atoms with Crippen LogP contribution in [-0.2, 0) is 16.0 Å². The molecular weight excluding hydrogens is 342 g/mol. The molecule has 1 saturated heterocycles. The molecule has 3 aromatic rings. The van der Waals surface area contributed by atoms with Crippen LogP contribution in [-0.4, -0.2) is 42.8 Å². The van der Waals surface area contributed by atoms with Crippen molar-refractivity contribution >= 4 is 28.4 Å². The summed E-state index contributed by atoms with van der Waals surface area (Å²) in [6.07, 6.45) is 7.28. The number of benzene rings is 1. The number of allylic oxidation sites excluding steroid dienone is 2. The summed E-state index contributed by atoms with van der Waals surface area (Å²) in [7, 11) is 0. The largest absolute Gasteiger partial charge is 0.282 e. The van der Waals surface area contributed by atoms with Crippen LogP contribution in [0.15, 0.2) is 42.7 Å². The van der Waals surface area contributed by atoms with Crippen molar-refractivity contribution in [3.05, 3.63) is 48.6 Å². The van der Waals surface area contributed by atoms with E-state index in [2.05, 4.69) is 27.2 Å².